The molecule has 0 aliphatic carbocycles. The van der Waals surface area contributed by atoms with Crippen molar-refractivity contribution in [1.82, 2.24) is 0 Å². The molecule has 2 fully saturated rings. The van der Waals surface area contributed by atoms with Crippen LogP contribution in [0.3, 0.4) is 0 Å². The Kier molecular flexibility index (Phi) is 20.0. The summed E-state index contributed by atoms with van der Waals surface area (Å²) in [6.07, 6.45) is -9.11. The first-order valence-electron chi connectivity index (χ1n) is 15.1. The zero-order chi connectivity index (χ0) is 34.2. The fraction of sp³-hybridized carbons (Fsp3) is 1.00. The lowest BCUT2D eigenvalue weighted by molar-refractivity contribution is -0.353. The van der Waals surface area contributed by atoms with Gasteiger partial charge in [0.15, 0.2) is 12.6 Å². The lowest BCUT2D eigenvalue weighted by Gasteiger charge is -2.48. The first-order valence-corrected chi connectivity index (χ1v) is 15.1. The van der Waals surface area contributed by atoms with Crippen LogP contribution in [0.2, 0.25) is 0 Å². The predicted octanol–water partition coefficient (Wildman–Crippen LogP) is -0.0878. The van der Waals surface area contributed by atoms with Crippen LogP contribution in [-0.4, -0.2) is 198 Å². The van der Waals surface area contributed by atoms with E-state index in [0.29, 0.717) is 0 Å². The molecule has 16 heteroatoms. The highest BCUT2D eigenvalue weighted by atomic mass is 16.8. The number of ether oxygens (including phenoxy) is 16. The van der Waals surface area contributed by atoms with Crippen LogP contribution in [0.5, 0.6) is 0 Å². The van der Waals surface area contributed by atoms with Crippen LogP contribution >= 0.6 is 0 Å². The molecule has 0 spiro atoms. The minimum absolute atomic E-state index is 0.00148. The van der Waals surface area contributed by atoms with E-state index in [1.807, 2.05) is 0 Å². The second kappa shape index (κ2) is 22.2. The summed E-state index contributed by atoms with van der Waals surface area (Å²) in [5.41, 5.74) is 0. The molecule has 0 aromatic rings. The van der Waals surface area contributed by atoms with Crippen LogP contribution < -0.4 is 0 Å². The summed E-state index contributed by atoms with van der Waals surface area (Å²) in [7, 11) is 18.8. The molecule has 16 nitrogen and oxygen atoms in total. The fourth-order valence-corrected chi connectivity index (χ4v) is 6.18. The molecule has 0 radical (unpaired) electrons. The molecular formula is C30H58O16. The lowest BCUT2D eigenvalue weighted by atomic mass is 9.97. The largest absolute Gasteiger partial charge is 0.382 e. The summed E-state index contributed by atoms with van der Waals surface area (Å²) in [4.78, 5) is 0. The molecule has 0 aromatic heterocycles. The molecule has 0 amide bonds. The number of rotatable bonds is 23. The number of methoxy groups -OCH3 is 12. The van der Waals surface area contributed by atoms with Crippen molar-refractivity contribution >= 4 is 0 Å². The van der Waals surface area contributed by atoms with Gasteiger partial charge < -0.3 is 75.8 Å². The number of hydrogen-bond acceptors (Lipinski definition) is 16. The van der Waals surface area contributed by atoms with Crippen LogP contribution in [0.1, 0.15) is 0 Å². The SMILES string of the molecule is COC[C@H](OC)[C@@H](O[C@@H]1O[C@H](CO[C@@H]2O[C@H](COC)[C@@H](OC)[C@H](OC)[C@H]2OC)[C@@H](OC)[C@H](OC)[C@H]1OC)[C@H](OC)[C@@H](COC)OC. The maximum absolute atomic E-state index is 6.67. The van der Waals surface area contributed by atoms with Gasteiger partial charge in [0.05, 0.1) is 26.4 Å². The Labute approximate surface area is 273 Å². The van der Waals surface area contributed by atoms with Crippen molar-refractivity contribution in [3.63, 3.8) is 0 Å². The summed E-state index contributed by atoms with van der Waals surface area (Å²) in [6, 6.07) is 0. The molecule has 2 aliphatic heterocycles. The van der Waals surface area contributed by atoms with Gasteiger partial charge in [-0.05, 0) is 0 Å². The zero-order valence-electron chi connectivity index (χ0n) is 29.4. The molecule has 2 heterocycles. The summed E-state index contributed by atoms with van der Waals surface area (Å²) < 4.78 is 94.3. The van der Waals surface area contributed by atoms with Crippen LogP contribution in [0.25, 0.3) is 0 Å². The van der Waals surface area contributed by atoms with E-state index in [0.717, 1.165) is 0 Å². The van der Waals surface area contributed by atoms with Crippen molar-refractivity contribution in [2.24, 2.45) is 0 Å². The Bertz CT molecular complexity index is 781. The van der Waals surface area contributed by atoms with Crippen molar-refractivity contribution in [3.8, 4) is 0 Å². The Morgan fingerprint density at radius 2 is 0.870 bits per heavy atom. The zero-order valence-corrected chi connectivity index (χ0v) is 29.4. The highest BCUT2D eigenvalue weighted by Gasteiger charge is 2.52. The van der Waals surface area contributed by atoms with Gasteiger partial charge in [-0.3, -0.25) is 0 Å². The molecule has 2 saturated heterocycles. The van der Waals surface area contributed by atoms with Crippen molar-refractivity contribution in [1.29, 1.82) is 0 Å². The van der Waals surface area contributed by atoms with Gasteiger partial charge >= 0.3 is 0 Å². The van der Waals surface area contributed by atoms with E-state index in [-0.39, 0.29) is 26.4 Å². The maximum atomic E-state index is 6.67. The molecule has 0 bridgehead atoms. The summed E-state index contributed by atoms with van der Waals surface area (Å²) >= 11 is 0. The van der Waals surface area contributed by atoms with E-state index in [4.69, 9.17) is 75.8 Å². The van der Waals surface area contributed by atoms with Crippen LogP contribution in [0.15, 0.2) is 0 Å². The molecule has 2 rings (SSSR count). The first kappa shape index (κ1) is 41.5. The van der Waals surface area contributed by atoms with Crippen molar-refractivity contribution in [3.05, 3.63) is 0 Å². The van der Waals surface area contributed by atoms with Gasteiger partial charge in [0.2, 0.25) is 0 Å². The van der Waals surface area contributed by atoms with Gasteiger partial charge in [0, 0.05) is 85.3 Å². The van der Waals surface area contributed by atoms with E-state index in [9.17, 15) is 0 Å². The quantitative estimate of drug-likeness (QED) is 0.142. The molecule has 0 unspecified atom stereocenters. The lowest BCUT2D eigenvalue weighted by Crippen LogP contribution is -2.64. The molecule has 0 N–H and O–H groups in total. The standard InChI is InChI=1S/C30H58O16/c1-31-13-17(34-4)21(36-6)24(18(35-5)14-32-2)46-30-28(42-12)26(40-10)23(38-8)20(45-30)16-43-29-27(41-11)25(39-9)22(37-7)19(44-29)15-33-3/h17-30H,13-16H2,1-12H3/t17-,18+,19-,20-,21-,22-,23-,24-,25+,26+,27-,28-,29-,30+/m1/s1. The molecule has 2 aliphatic rings. The molecule has 0 aromatic carbocycles. The maximum Gasteiger partial charge on any atom is 0.187 e. The predicted molar refractivity (Wildman–Crippen MR) is 161 cm³/mol. The van der Waals surface area contributed by atoms with E-state index >= 15 is 0 Å². The highest BCUT2D eigenvalue weighted by molar-refractivity contribution is 4.96. The van der Waals surface area contributed by atoms with Gasteiger partial charge in [0.1, 0.15) is 73.2 Å². The average molecular weight is 675 g/mol. The first-order chi connectivity index (χ1) is 22.3. The minimum atomic E-state index is -0.997. The van der Waals surface area contributed by atoms with E-state index in [2.05, 4.69) is 0 Å². The summed E-state index contributed by atoms with van der Waals surface area (Å²) in [5.74, 6) is 0. The fourth-order valence-electron chi connectivity index (χ4n) is 6.18. The summed E-state index contributed by atoms with van der Waals surface area (Å²) in [6.45, 7) is 0.682. The van der Waals surface area contributed by atoms with Crippen LogP contribution in [0, 0.1) is 0 Å². The van der Waals surface area contributed by atoms with E-state index in [1.54, 1.807) is 85.3 Å². The molecular weight excluding hydrogens is 616 g/mol. The van der Waals surface area contributed by atoms with E-state index < -0.39 is 85.8 Å². The van der Waals surface area contributed by atoms with Crippen LogP contribution in [0.4, 0.5) is 0 Å². The summed E-state index contributed by atoms with van der Waals surface area (Å²) in [5, 5.41) is 0. The van der Waals surface area contributed by atoms with Gasteiger partial charge in [-0.25, -0.2) is 0 Å². The Balaban J connectivity index is 2.41. The smallest absolute Gasteiger partial charge is 0.187 e. The normalized spacial score (nSPS) is 34.7. The highest BCUT2D eigenvalue weighted by Crippen LogP contribution is 2.33. The third-order valence-electron chi connectivity index (χ3n) is 8.46. The second-order valence-electron chi connectivity index (χ2n) is 10.8. The molecule has 46 heavy (non-hydrogen) atoms. The molecule has 0 saturated carbocycles. The topological polar surface area (TPSA) is 148 Å². The monoisotopic (exact) mass is 674 g/mol. The van der Waals surface area contributed by atoms with Gasteiger partial charge in [-0.2, -0.15) is 0 Å². The van der Waals surface area contributed by atoms with Crippen LogP contribution in [-0.2, 0) is 75.8 Å². The Hall–Kier alpha value is -0.640. The third-order valence-corrected chi connectivity index (χ3v) is 8.46. The average Bonchev–Trinajstić information content (AvgIpc) is 3.07. The van der Waals surface area contributed by atoms with Gasteiger partial charge in [0.25, 0.3) is 0 Å². The van der Waals surface area contributed by atoms with Crippen molar-refractivity contribution in [2.75, 3.05) is 112 Å². The number of hydrogen-bond donors (Lipinski definition) is 0. The minimum Gasteiger partial charge on any atom is -0.382 e. The Morgan fingerprint density at radius 3 is 1.28 bits per heavy atom. The Morgan fingerprint density at radius 1 is 0.435 bits per heavy atom. The van der Waals surface area contributed by atoms with Gasteiger partial charge in [-0.15, -0.1) is 0 Å². The molecule has 274 valence electrons. The third kappa shape index (κ3) is 10.2. The van der Waals surface area contributed by atoms with Crippen molar-refractivity contribution in [2.45, 2.75) is 85.8 Å². The molecule has 14 atom stereocenters. The van der Waals surface area contributed by atoms with E-state index in [1.165, 1.54) is 0 Å². The van der Waals surface area contributed by atoms with Gasteiger partial charge in [-0.1, -0.05) is 0 Å². The second-order valence-corrected chi connectivity index (χ2v) is 10.8. The van der Waals surface area contributed by atoms with Crippen molar-refractivity contribution < 1.29 is 75.8 Å².